The molecule has 3 aromatic heterocycles. The number of nitrogens with zero attached hydrogens (tertiary/aromatic N) is 4. The Kier molecular flexibility index (Phi) is 5.55. The number of fused-ring (bicyclic) bond motifs is 1. The van der Waals surface area contributed by atoms with Crippen molar-refractivity contribution in [1.29, 1.82) is 0 Å². The number of aryl methyl sites for hydroxylation is 3. The molecule has 1 unspecified atom stereocenters. The Bertz CT molecular complexity index is 1510. The first kappa shape index (κ1) is 22.7. The largest absolute Gasteiger partial charge is 0.383 e. The van der Waals surface area contributed by atoms with Crippen LogP contribution in [0.2, 0.25) is 0 Å². The molecular weight excluding hydrogens is 441 g/mol. The van der Waals surface area contributed by atoms with Crippen molar-refractivity contribution in [2.24, 2.45) is 10.7 Å². The highest BCUT2D eigenvalue weighted by Crippen LogP contribution is 2.47. The number of amidine groups is 1. The zero-order chi connectivity index (χ0) is 24.7. The molecule has 0 radical (unpaired) electrons. The molecule has 0 saturated heterocycles. The molecule has 4 heterocycles. The second-order valence-corrected chi connectivity index (χ2v) is 8.75. The molecule has 6 nitrogen and oxygen atoms in total. The lowest BCUT2D eigenvalue weighted by Gasteiger charge is -2.30. The maximum absolute atomic E-state index is 15.0. The van der Waals surface area contributed by atoms with Crippen molar-refractivity contribution in [3.63, 3.8) is 0 Å². The Balaban J connectivity index is 1.86. The van der Waals surface area contributed by atoms with Crippen LogP contribution in [0.5, 0.6) is 0 Å². The molecular formula is C28H26FN5O. The molecule has 7 heteroatoms. The van der Waals surface area contributed by atoms with Gasteiger partial charge in [-0.05, 0) is 61.7 Å². The average Bonchev–Trinajstić information content (AvgIpc) is 3.18. The van der Waals surface area contributed by atoms with Gasteiger partial charge in [0.2, 0.25) is 0 Å². The molecule has 1 atom stereocenters. The third-order valence-electron chi connectivity index (χ3n) is 6.60. The summed E-state index contributed by atoms with van der Waals surface area (Å²) in [7, 11) is 0. The molecule has 0 amide bonds. The smallest absolute Gasteiger partial charge is 0.253 e. The van der Waals surface area contributed by atoms with Crippen LogP contribution in [0, 0.1) is 12.7 Å². The summed E-state index contributed by atoms with van der Waals surface area (Å²) >= 11 is 0. The summed E-state index contributed by atoms with van der Waals surface area (Å²) in [6.45, 7) is 6.35. The first-order valence-corrected chi connectivity index (χ1v) is 11.7. The van der Waals surface area contributed by atoms with Gasteiger partial charge in [-0.15, -0.1) is 0 Å². The lowest BCUT2D eigenvalue weighted by Crippen LogP contribution is -2.31. The summed E-state index contributed by atoms with van der Waals surface area (Å²) < 4.78 is 16.7. The maximum atomic E-state index is 15.0. The first-order chi connectivity index (χ1) is 16.9. The molecule has 1 aliphatic rings. The minimum atomic E-state index is -1.13. The average molecular weight is 468 g/mol. The van der Waals surface area contributed by atoms with Crippen molar-refractivity contribution in [3.8, 4) is 11.3 Å². The van der Waals surface area contributed by atoms with Crippen molar-refractivity contribution in [3.05, 3.63) is 117 Å². The van der Waals surface area contributed by atoms with Crippen LogP contribution in [-0.2, 0) is 18.5 Å². The van der Waals surface area contributed by atoms with E-state index in [4.69, 9.17) is 10.7 Å². The molecule has 5 rings (SSSR count). The van der Waals surface area contributed by atoms with Crippen LogP contribution in [0.4, 0.5) is 4.39 Å². The summed E-state index contributed by atoms with van der Waals surface area (Å²) in [5.41, 5.74) is 10.9. The van der Waals surface area contributed by atoms with E-state index in [2.05, 4.69) is 9.97 Å². The number of aromatic nitrogens is 3. The second-order valence-electron chi connectivity index (χ2n) is 8.75. The van der Waals surface area contributed by atoms with E-state index < -0.39 is 11.4 Å². The van der Waals surface area contributed by atoms with Crippen LogP contribution in [0.3, 0.4) is 0 Å². The van der Waals surface area contributed by atoms with E-state index in [9.17, 15) is 4.79 Å². The van der Waals surface area contributed by atoms with Gasteiger partial charge in [-0.25, -0.2) is 9.38 Å². The topological polar surface area (TPSA) is 86.2 Å². The van der Waals surface area contributed by atoms with Gasteiger partial charge in [0.25, 0.3) is 5.56 Å². The van der Waals surface area contributed by atoms with Crippen LogP contribution in [0.25, 0.3) is 11.3 Å². The van der Waals surface area contributed by atoms with Crippen LogP contribution in [0.15, 0.2) is 77.0 Å². The number of nitrogens with two attached hydrogens (primary N) is 1. The van der Waals surface area contributed by atoms with E-state index in [1.165, 1.54) is 6.07 Å². The van der Waals surface area contributed by atoms with Gasteiger partial charge >= 0.3 is 0 Å². The second kappa shape index (κ2) is 8.58. The van der Waals surface area contributed by atoms with Crippen LogP contribution < -0.4 is 11.3 Å². The van der Waals surface area contributed by atoms with Crippen LogP contribution >= 0.6 is 0 Å². The number of halogens is 1. The standard InChI is InChI=1S/C28H26FN5O/c1-4-18-12-21(16-34(5-2)27(18)35)28(22-7-6-8-23(29)25(22)26(30)33-28)20-9-10-32-24(13-20)19-11-17(3)14-31-15-19/h6-16H,4-5H2,1-3H3,(H2,30,33). The highest BCUT2D eigenvalue weighted by atomic mass is 19.1. The summed E-state index contributed by atoms with van der Waals surface area (Å²) in [5.74, 6) is -0.303. The predicted molar refractivity (Wildman–Crippen MR) is 135 cm³/mol. The van der Waals surface area contributed by atoms with Gasteiger partial charge in [0.1, 0.15) is 17.2 Å². The zero-order valence-corrected chi connectivity index (χ0v) is 19.9. The SMILES string of the molecule is CCc1cc(C2(c3ccnc(-c4cncc(C)c4)c3)N=C(N)c3c(F)cccc32)cn(CC)c1=O. The lowest BCUT2D eigenvalue weighted by molar-refractivity contribution is 0.609. The minimum absolute atomic E-state index is 0.0374. The normalized spacial score (nSPS) is 16.7. The van der Waals surface area contributed by atoms with Crippen molar-refractivity contribution in [2.75, 3.05) is 0 Å². The Labute approximate surface area is 203 Å². The number of pyridine rings is 3. The van der Waals surface area contributed by atoms with Gasteiger partial charge < -0.3 is 10.3 Å². The summed E-state index contributed by atoms with van der Waals surface area (Å²) in [4.78, 5) is 26.7. The highest BCUT2D eigenvalue weighted by Gasteiger charge is 2.45. The number of hydrogen-bond donors (Lipinski definition) is 1. The van der Waals surface area contributed by atoms with Gasteiger partial charge in [-0.1, -0.05) is 19.1 Å². The molecule has 2 N–H and O–H groups in total. The third-order valence-corrected chi connectivity index (χ3v) is 6.60. The monoisotopic (exact) mass is 467 g/mol. The van der Waals surface area contributed by atoms with Crippen molar-refractivity contribution < 1.29 is 4.39 Å². The molecule has 176 valence electrons. The fourth-order valence-electron chi connectivity index (χ4n) is 4.88. The molecule has 4 aromatic rings. The third kappa shape index (κ3) is 3.55. The number of hydrogen-bond acceptors (Lipinski definition) is 5. The molecule has 1 aromatic carbocycles. The van der Waals surface area contributed by atoms with E-state index in [-0.39, 0.29) is 17.0 Å². The maximum Gasteiger partial charge on any atom is 0.253 e. The quantitative estimate of drug-likeness (QED) is 0.473. The molecule has 1 aliphatic heterocycles. The van der Waals surface area contributed by atoms with E-state index in [0.29, 0.717) is 24.1 Å². The lowest BCUT2D eigenvalue weighted by atomic mass is 9.77. The van der Waals surface area contributed by atoms with E-state index in [1.54, 1.807) is 29.2 Å². The van der Waals surface area contributed by atoms with E-state index in [0.717, 1.165) is 27.9 Å². The summed E-state index contributed by atoms with van der Waals surface area (Å²) in [5, 5.41) is 0. The Morgan fingerprint density at radius 3 is 2.66 bits per heavy atom. The van der Waals surface area contributed by atoms with Crippen molar-refractivity contribution >= 4 is 5.84 Å². The molecule has 0 aliphatic carbocycles. The fourth-order valence-corrected chi connectivity index (χ4v) is 4.88. The van der Waals surface area contributed by atoms with Gasteiger partial charge in [0.15, 0.2) is 0 Å². The molecule has 0 bridgehead atoms. The number of aliphatic imine (C=N–C) groups is 1. The van der Waals surface area contributed by atoms with Gasteiger partial charge in [-0.3, -0.25) is 14.8 Å². The molecule has 0 spiro atoms. The molecule has 35 heavy (non-hydrogen) atoms. The minimum Gasteiger partial charge on any atom is -0.383 e. The molecule has 0 saturated carbocycles. The van der Waals surface area contributed by atoms with Gasteiger partial charge in [-0.2, -0.15) is 0 Å². The fraction of sp³-hybridized carbons (Fsp3) is 0.214. The highest BCUT2D eigenvalue weighted by molar-refractivity contribution is 6.03. The summed E-state index contributed by atoms with van der Waals surface area (Å²) in [6, 6.07) is 12.6. The van der Waals surface area contributed by atoms with Crippen molar-refractivity contribution in [2.45, 2.75) is 39.3 Å². The predicted octanol–water partition coefficient (Wildman–Crippen LogP) is 4.35. The van der Waals surface area contributed by atoms with Gasteiger partial charge in [0, 0.05) is 53.6 Å². The Morgan fingerprint density at radius 1 is 1.09 bits per heavy atom. The Morgan fingerprint density at radius 2 is 1.91 bits per heavy atom. The molecule has 0 fully saturated rings. The number of benzene rings is 1. The zero-order valence-electron chi connectivity index (χ0n) is 19.9. The van der Waals surface area contributed by atoms with E-state index >= 15 is 4.39 Å². The van der Waals surface area contributed by atoms with Crippen LogP contribution in [-0.4, -0.2) is 20.4 Å². The van der Waals surface area contributed by atoms with Crippen molar-refractivity contribution in [1.82, 2.24) is 14.5 Å². The summed E-state index contributed by atoms with van der Waals surface area (Å²) in [6.07, 6.45) is 7.64. The van der Waals surface area contributed by atoms with Crippen LogP contribution in [0.1, 0.15) is 47.2 Å². The Hall–Kier alpha value is -4.13. The first-order valence-electron chi connectivity index (χ1n) is 11.7. The van der Waals surface area contributed by atoms with E-state index in [1.807, 2.05) is 57.3 Å². The number of rotatable bonds is 5. The van der Waals surface area contributed by atoms with Gasteiger partial charge in [0.05, 0.1) is 11.3 Å².